The maximum Gasteiger partial charge on any atom is 0.137 e. The SMILES string of the molecule is CC.[B]C1(C)C=Cc2c(C(C)C)c(-c3ccccc3C)c3c(C)c(C)c(C)c(C)c3c2O1. The van der Waals surface area contributed by atoms with Gasteiger partial charge in [-0.1, -0.05) is 64.1 Å². The molecule has 1 heterocycles. The normalized spacial score (nSPS) is 17.1. The summed E-state index contributed by atoms with van der Waals surface area (Å²) in [6.45, 7) is 21.6. The molecular formula is C30H37BO. The predicted octanol–water partition coefficient (Wildman–Crippen LogP) is 8.49. The van der Waals surface area contributed by atoms with Crippen LogP contribution in [-0.4, -0.2) is 13.3 Å². The van der Waals surface area contributed by atoms with Crippen molar-refractivity contribution in [2.75, 3.05) is 0 Å². The first-order chi connectivity index (χ1) is 15.0. The van der Waals surface area contributed by atoms with Gasteiger partial charge in [0.25, 0.3) is 0 Å². The highest BCUT2D eigenvalue weighted by molar-refractivity contribution is 6.17. The van der Waals surface area contributed by atoms with Crippen LogP contribution in [0.2, 0.25) is 0 Å². The summed E-state index contributed by atoms with van der Waals surface area (Å²) >= 11 is 0. The molecule has 0 aromatic heterocycles. The van der Waals surface area contributed by atoms with Crippen molar-refractivity contribution in [3.8, 4) is 16.9 Å². The second kappa shape index (κ2) is 8.81. The summed E-state index contributed by atoms with van der Waals surface area (Å²) in [5, 5.41) is 2.51. The van der Waals surface area contributed by atoms with E-state index in [0.717, 1.165) is 5.75 Å². The third kappa shape index (κ3) is 3.79. The average molecular weight is 424 g/mol. The molecule has 32 heavy (non-hydrogen) atoms. The third-order valence-electron chi connectivity index (χ3n) is 6.86. The Bertz CT molecular complexity index is 1210. The molecule has 1 aliphatic heterocycles. The van der Waals surface area contributed by atoms with Gasteiger partial charge in [-0.05, 0) is 97.4 Å². The van der Waals surface area contributed by atoms with Crippen LogP contribution in [0.1, 0.15) is 79.5 Å². The van der Waals surface area contributed by atoms with Gasteiger partial charge < -0.3 is 4.74 Å². The molecule has 1 nitrogen and oxygen atoms in total. The van der Waals surface area contributed by atoms with E-state index in [9.17, 15) is 0 Å². The quantitative estimate of drug-likeness (QED) is 0.375. The van der Waals surface area contributed by atoms with Crippen LogP contribution in [0.25, 0.3) is 28.0 Å². The minimum Gasteiger partial charge on any atom is -0.492 e. The Labute approximate surface area is 196 Å². The van der Waals surface area contributed by atoms with Gasteiger partial charge in [0.2, 0.25) is 0 Å². The Morgan fingerprint density at radius 1 is 0.844 bits per heavy atom. The number of benzene rings is 3. The Hall–Kier alpha value is -2.48. The number of rotatable bonds is 2. The molecule has 0 spiro atoms. The molecule has 2 radical (unpaired) electrons. The number of ether oxygens (including phenoxy) is 1. The van der Waals surface area contributed by atoms with Crippen LogP contribution in [0.15, 0.2) is 30.3 Å². The van der Waals surface area contributed by atoms with E-state index in [1.165, 1.54) is 60.8 Å². The van der Waals surface area contributed by atoms with Crippen LogP contribution < -0.4 is 4.74 Å². The first-order valence-corrected chi connectivity index (χ1v) is 11.9. The molecule has 1 unspecified atom stereocenters. The second-order valence-corrected chi connectivity index (χ2v) is 9.37. The van der Waals surface area contributed by atoms with Gasteiger partial charge in [-0.2, -0.15) is 0 Å². The van der Waals surface area contributed by atoms with Gasteiger partial charge in [-0.25, -0.2) is 0 Å². The van der Waals surface area contributed by atoms with Crippen LogP contribution in [0.4, 0.5) is 0 Å². The Balaban J connectivity index is 0.00000141. The van der Waals surface area contributed by atoms with E-state index < -0.39 is 5.50 Å². The Morgan fingerprint density at radius 3 is 1.97 bits per heavy atom. The van der Waals surface area contributed by atoms with E-state index >= 15 is 0 Å². The molecule has 3 aromatic rings. The summed E-state index contributed by atoms with van der Waals surface area (Å²) in [7, 11) is 6.43. The minimum absolute atomic E-state index is 0.342. The van der Waals surface area contributed by atoms with Crippen molar-refractivity contribution in [2.45, 2.75) is 80.7 Å². The summed E-state index contributed by atoms with van der Waals surface area (Å²) < 4.78 is 6.47. The Morgan fingerprint density at radius 2 is 1.41 bits per heavy atom. The number of fused-ring (bicyclic) bond motifs is 3. The lowest BCUT2D eigenvalue weighted by molar-refractivity contribution is 0.227. The van der Waals surface area contributed by atoms with E-state index in [4.69, 9.17) is 12.6 Å². The van der Waals surface area contributed by atoms with Crippen molar-refractivity contribution >= 4 is 24.7 Å². The molecular weight excluding hydrogens is 387 g/mol. The van der Waals surface area contributed by atoms with Crippen molar-refractivity contribution in [2.24, 2.45) is 0 Å². The predicted molar refractivity (Wildman–Crippen MR) is 142 cm³/mol. The lowest BCUT2D eigenvalue weighted by Crippen LogP contribution is -2.32. The van der Waals surface area contributed by atoms with Crippen LogP contribution in [-0.2, 0) is 0 Å². The average Bonchev–Trinajstić information content (AvgIpc) is 2.75. The number of hydrogen-bond acceptors (Lipinski definition) is 1. The topological polar surface area (TPSA) is 9.23 Å². The van der Waals surface area contributed by atoms with Crippen LogP contribution in [0, 0.1) is 34.6 Å². The van der Waals surface area contributed by atoms with Gasteiger partial charge in [-0.15, -0.1) is 0 Å². The minimum atomic E-state index is -0.808. The molecule has 4 rings (SSSR count). The molecule has 0 saturated heterocycles. The van der Waals surface area contributed by atoms with E-state index in [1.807, 2.05) is 26.8 Å². The number of aryl methyl sites for hydroxylation is 3. The molecule has 2 heteroatoms. The summed E-state index contributed by atoms with van der Waals surface area (Å²) in [5.41, 5.74) is 10.9. The largest absolute Gasteiger partial charge is 0.492 e. The summed E-state index contributed by atoms with van der Waals surface area (Å²) in [6, 6.07) is 8.72. The first kappa shape index (κ1) is 24.2. The summed E-state index contributed by atoms with van der Waals surface area (Å²) in [5.74, 6) is 1.27. The zero-order valence-corrected chi connectivity index (χ0v) is 21.5. The molecule has 0 fully saturated rings. The fourth-order valence-corrected chi connectivity index (χ4v) is 4.94. The molecule has 0 amide bonds. The van der Waals surface area contributed by atoms with Crippen molar-refractivity contribution in [1.82, 2.24) is 0 Å². The molecule has 0 aliphatic carbocycles. The smallest absolute Gasteiger partial charge is 0.137 e. The molecule has 0 saturated carbocycles. The third-order valence-corrected chi connectivity index (χ3v) is 6.86. The van der Waals surface area contributed by atoms with Crippen LogP contribution in [0.3, 0.4) is 0 Å². The van der Waals surface area contributed by atoms with Crippen molar-refractivity contribution < 1.29 is 4.74 Å². The highest BCUT2D eigenvalue weighted by Gasteiger charge is 2.31. The van der Waals surface area contributed by atoms with Crippen molar-refractivity contribution in [1.29, 1.82) is 0 Å². The molecule has 166 valence electrons. The molecule has 3 aromatic carbocycles. The maximum atomic E-state index is 6.47. The Kier molecular flexibility index (Phi) is 6.66. The van der Waals surface area contributed by atoms with Crippen LogP contribution in [0.5, 0.6) is 5.75 Å². The molecule has 0 N–H and O–H groups in total. The van der Waals surface area contributed by atoms with Crippen molar-refractivity contribution in [3.05, 3.63) is 69.3 Å². The van der Waals surface area contributed by atoms with Gasteiger partial charge in [0.05, 0.1) is 5.50 Å². The summed E-state index contributed by atoms with van der Waals surface area (Å²) in [6.07, 6.45) is 4.16. The van der Waals surface area contributed by atoms with E-state index in [-0.39, 0.29) is 0 Å². The molecule has 1 atom stereocenters. The zero-order chi connectivity index (χ0) is 24.0. The highest BCUT2D eigenvalue weighted by Crippen LogP contribution is 2.51. The van der Waals surface area contributed by atoms with Gasteiger partial charge >= 0.3 is 0 Å². The monoisotopic (exact) mass is 424 g/mol. The lowest BCUT2D eigenvalue weighted by atomic mass is 9.75. The van der Waals surface area contributed by atoms with Crippen molar-refractivity contribution in [3.63, 3.8) is 0 Å². The standard InChI is InChI=1S/C28H31BO.C2H6/c1-15(2)23-22-13-14-28(8,29)30-27(22)25-20(7)18(5)17(4)19(6)24(25)26(23)21-12-10-9-11-16(21)3;1-2/h9-15H,1-8H3;1-2H3. The summed E-state index contributed by atoms with van der Waals surface area (Å²) in [4.78, 5) is 0. The number of hydrogen-bond donors (Lipinski definition) is 0. The first-order valence-electron chi connectivity index (χ1n) is 11.9. The van der Waals surface area contributed by atoms with Gasteiger partial charge in [-0.3, -0.25) is 0 Å². The lowest BCUT2D eigenvalue weighted by Gasteiger charge is -2.34. The maximum absolute atomic E-state index is 6.47. The fourth-order valence-electron chi connectivity index (χ4n) is 4.94. The fraction of sp³-hybridized carbons (Fsp3) is 0.400. The van der Waals surface area contributed by atoms with E-state index in [1.54, 1.807) is 0 Å². The molecule has 0 bridgehead atoms. The zero-order valence-electron chi connectivity index (χ0n) is 21.5. The van der Waals surface area contributed by atoms with E-state index in [0.29, 0.717) is 5.92 Å². The highest BCUT2D eigenvalue weighted by atomic mass is 16.5. The van der Waals surface area contributed by atoms with Crippen LogP contribution >= 0.6 is 0 Å². The van der Waals surface area contributed by atoms with Gasteiger partial charge in [0.15, 0.2) is 0 Å². The van der Waals surface area contributed by atoms with Gasteiger partial charge in [0, 0.05) is 10.9 Å². The van der Waals surface area contributed by atoms with E-state index in [2.05, 4.69) is 78.8 Å². The van der Waals surface area contributed by atoms with Gasteiger partial charge in [0.1, 0.15) is 13.6 Å². The molecule has 1 aliphatic rings. The second-order valence-electron chi connectivity index (χ2n) is 9.37.